The lowest BCUT2D eigenvalue weighted by atomic mass is 10.0. The fraction of sp³-hybridized carbons (Fsp3) is 0.533. The highest BCUT2D eigenvalue weighted by Gasteiger charge is 2.33. The SMILES string of the molecule is C[C@H]1CCCCO[C@@H](CN(C)S(=O)(=O)c2cccs2)[C@@H](C)CN([C@@H](C)CO)C(=O)c2cc(NS(=O)(=O)c3cn(C)cn3)ccc2O1. The Labute approximate surface area is 275 Å². The van der Waals surface area contributed by atoms with Gasteiger partial charge < -0.3 is 24.0 Å². The Morgan fingerprint density at radius 2 is 1.96 bits per heavy atom. The van der Waals surface area contributed by atoms with Crippen molar-refractivity contribution in [3.63, 3.8) is 0 Å². The van der Waals surface area contributed by atoms with Crippen molar-refractivity contribution < 1.29 is 36.2 Å². The maximum absolute atomic E-state index is 14.3. The molecule has 4 atom stereocenters. The number of imidazole rings is 1. The standard InChI is InChI=1S/C30H43N5O8S3/c1-21-16-35(22(2)19-36)30(37)25-15-24(32-45(38,39)28-18-33(4)20-31-28)11-12-26(25)43-23(3)9-6-7-13-42-27(21)17-34(5)46(40,41)29-10-8-14-44-29/h8,10-12,14-15,18,20-23,27,32,36H,6-7,9,13,16-17,19H2,1-5H3/t21-,22-,23-,27-/m0/s1. The Morgan fingerprint density at radius 3 is 2.61 bits per heavy atom. The summed E-state index contributed by atoms with van der Waals surface area (Å²) in [5.41, 5.74) is 0.258. The fourth-order valence-electron chi connectivity index (χ4n) is 5.10. The molecule has 1 aliphatic heterocycles. The number of ether oxygens (including phenoxy) is 2. The number of fused-ring (bicyclic) bond motifs is 1. The number of aryl methyl sites for hydroxylation is 1. The van der Waals surface area contributed by atoms with Crippen LogP contribution in [0.15, 0.2) is 57.5 Å². The predicted octanol–water partition coefficient (Wildman–Crippen LogP) is 3.40. The smallest absolute Gasteiger partial charge is 0.280 e. The number of carbonyl (C=O) groups is 1. The van der Waals surface area contributed by atoms with Crippen LogP contribution in [0.2, 0.25) is 0 Å². The number of carbonyl (C=O) groups excluding carboxylic acids is 1. The van der Waals surface area contributed by atoms with Crippen molar-refractivity contribution in [1.29, 1.82) is 0 Å². The van der Waals surface area contributed by atoms with Crippen LogP contribution in [0.4, 0.5) is 5.69 Å². The van der Waals surface area contributed by atoms with Crippen molar-refractivity contribution in [2.75, 3.05) is 38.1 Å². The van der Waals surface area contributed by atoms with Crippen LogP contribution >= 0.6 is 11.3 Å². The maximum Gasteiger partial charge on any atom is 0.280 e. The van der Waals surface area contributed by atoms with Crippen molar-refractivity contribution >= 4 is 43.0 Å². The van der Waals surface area contributed by atoms with E-state index in [0.29, 0.717) is 13.0 Å². The number of likely N-dealkylation sites (N-methyl/N-ethyl adjacent to an activating group) is 1. The summed E-state index contributed by atoms with van der Waals surface area (Å²) in [5, 5.41) is 11.7. The van der Waals surface area contributed by atoms with Gasteiger partial charge in [0.2, 0.25) is 0 Å². The van der Waals surface area contributed by atoms with E-state index >= 15 is 0 Å². The average Bonchev–Trinajstić information content (AvgIpc) is 3.71. The Kier molecular flexibility index (Phi) is 11.9. The highest BCUT2D eigenvalue weighted by molar-refractivity contribution is 7.92. The van der Waals surface area contributed by atoms with Gasteiger partial charge in [0, 0.05) is 51.6 Å². The van der Waals surface area contributed by atoms with Crippen LogP contribution in [0, 0.1) is 5.92 Å². The van der Waals surface area contributed by atoms with Gasteiger partial charge in [0.1, 0.15) is 9.96 Å². The summed E-state index contributed by atoms with van der Waals surface area (Å²) in [7, 11) is -4.61. The lowest BCUT2D eigenvalue weighted by molar-refractivity contribution is -0.00832. The molecule has 1 aromatic carbocycles. The second-order valence-corrected chi connectivity index (χ2v) is 16.6. The number of nitrogens with zero attached hydrogens (tertiary/aromatic N) is 4. The first kappa shape index (κ1) is 35.8. The summed E-state index contributed by atoms with van der Waals surface area (Å²) < 4.78 is 70.5. The van der Waals surface area contributed by atoms with Gasteiger partial charge in [-0.2, -0.15) is 12.7 Å². The molecule has 16 heteroatoms. The molecule has 2 N–H and O–H groups in total. The van der Waals surface area contributed by atoms with Gasteiger partial charge in [-0.05, 0) is 62.8 Å². The van der Waals surface area contributed by atoms with Crippen LogP contribution in [0.3, 0.4) is 0 Å². The molecule has 0 fully saturated rings. The van der Waals surface area contributed by atoms with Crippen LogP contribution in [0.1, 0.15) is 50.4 Å². The van der Waals surface area contributed by atoms with Crippen molar-refractivity contribution in [2.45, 2.75) is 67.5 Å². The third-order valence-electron chi connectivity index (χ3n) is 7.86. The number of hydrogen-bond donors (Lipinski definition) is 2. The molecule has 0 spiro atoms. The van der Waals surface area contributed by atoms with E-state index in [0.717, 1.165) is 24.2 Å². The van der Waals surface area contributed by atoms with Crippen LogP contribution in [-0.4, -0.2) is 98.2 Å². The van der Waals surface area contributed by atoms with Crippen LogP contribution in [0.25, 0.3) is 0 Å². The zero-order chi connectivity index (χ0) is 33.6. The number of aromatic nitrogens is 2. The van der Waals surface area contributed by atoms with E-state index < -0.39 is 38.1 Å². The van der Waals surface area contributed by atoms with Gasteiger partial charge in [0.25, 0.3) is 26.0 Å². The molecule has 0 saturated carbocycles. The Hall–Kier alpha value is -3.02. The van der Waals surface area contributed by atoms with E-state index in [1.807, 2.05) is 13.8 Å². The number of benzene rings is 1. The largest absolute Gasteiger partial charge is 0.490 e. The molecule has 0 bridgehead atoms. The highest BCUT2D eigenvalue weighted by Crippen LogP contribution is 2.30. The van der Waals surface area contributed by atoms with Crippen molar-refractivity contribution in [3.8, 4) is 5.75 Å². The molecule has 3 aromatic rings. The number of aliphatic hydroxyl groups excluding tert-OH is 1. The molecule has 1 amide bonds. The number of amides is 1. The molecule has 46 heavy (non-hydrogen) atoms. The van der Waals surface area contributed by atoms with Crippen LogP contribution in [-0.2, 0) is 31.8 Å². The van der Waals surface area contributed by atoms with Gasteiger partial charge in [-0.25, -0.2) is 13.4 Å². The predicted molar refractivity (Wildman–Crippen MR) is 175 cm³/mol. The van der Waals surface area contributed by atoms with Gasteiger partial charge >= 0.3 is 0 Å². The fourth-order valence-corrected chi connectivity index (χ4v) is 8.52. The van der Waals surface area contributed by atoms with Crippen molar-refractivity contribution in [2.24, 2.45) is 13.0 Å². The third kappa shape index (κ3) is 8.66. The number of nitrogens with one attached hydrogen (secondary N) is 1. The van der Waals surface area contributed by atoms with Crippen molar-refractivity contribution in [3.05, 3.63) is 53.8 Å². The number of thiophene rings is 1. The highest BCUT2D eigenvalue weighted by atomic mass is 32.2. The van der Waals surface area contributed by atoms with Gasteiger partial charge in [-0.15, -0.1) is 11.3 Å². The average molecular weight is 698 g/mol. The molecule has 0 unspecified atom stereocenters. The Bertz CT molecular complexity index is 1680. The molecule has 1 aliphatic rings. The third-order valence-corrected chi connectivity index (χ3v) is 12.3. The monoisotopic (exact) mass is 697 g/mol. The molecule has 0 radical (unpaired) electrons. The molecule has 254 valence electrons. The second-order valence-electron chi connectivity index (χ2n) is 11.7. The number of hydrogen-bond acceptors (Lipinski definition) is 10. The topological polar surface area (TPSA) is 160 Å². The Morgan fingerprint density at radius 1 is 1.20 bits per heavy atom. The summed E-state index contributed by atoms with van der Waals surface area (Å²) in [5.74, 6) is -0.548. The lowest BCUT2D eigenvalue weighted by Crippen LogP contribution is -2.48. The quantitative estimate of drug-likeness (QED) is 0.342. The normalized spacial score (nSPS) is 21.3. The molecule has 2 aromatic heterocycles. The van der Waals surface area contributed by atoms with E-state index in [4.69, 9.17) is 9.47 Å². The van der Waals surface area contributed by atoms with Crippen LogP contribution < -0.4 is 9.46 Å². The lowest BCUT2D eigenvalue weighted by Gasteiger charge is -2.35. The summed E-state index contributed by atoms with van der Waals surface area (Å²) in [6, 6.07) is 7.13. The van der Waals surface area contributed by atoms with Crippen LogP contribution in [0.5, 0.6) is 5.75 Å². The molecule has 4 rings (SSSR count). The Balaban J connectivity index is 1.68. The number of sulfonamides is 2. The minimum absolute atomic E-state index is 0.0620. The number of rotatable bonds is 9. The minimum Gasteiger partial charge on any atom is -0.490 e. The molecular weight excluding hydrogens is 655 g/mol. The summed E-state index contributed by atoms with van der Waals surface area (Å²) in [4.78, 5) is 19.7. The zero-order valence-electron chi connectivity index (χ0n) is 26.7. The molecule has 13 nitrogen and oxygen atoms in total. The van der Waals surface area contributed by atoms with Crippen molar-refractivity contribution in [1.82, 2.24) is 18.8 Å². The minimum atomic E-state index is -4.04. The molecule has 0 aliphatic carbocycles. The summed E-state index contributed by atoms with van der Waals surface area (Å²) >= 11 is 1.14. The van der Waals surface area contributed by atoms with E-state index in [1.54, 1.807) is 37.6 Å². The van der Waals surface area contributed by atoms with Gasteiger partial charge in [0.05, 0.1) is 36.7 Å². The first-order valence-electron chi connectivity index (χ1n) is 15.1. The van der Waals surface area contributed by atoms with Gasteiger partial charge in [0.15, 0.2) is 5.03 Å². The number of anilines is 1. The van der Waals surface area contributed by atoms with E-state index in [9.17, 15) is 26.7 Å². The van der Waals surface area contributed by atoms with Gasteiger partial charge in [-0.3, -0.25) is 9.52 Å². The van der Waals surface area contributed by atoms with E-state index in [1.165, 1.54) is 45.5 Å². The number of aliphatic hydroxyl groups is 1. The first-order valence-corrected chi connectivity index (χ1v) is 18.9. The van der Waals surface area contributed by atoms with Gasteiger partial charge in [-0.1, -0.05) is 13.0 Å². The van der Waals surface area contributed by atoms with E-state index in [-0.39, 0.29) is 58.0 Å². The molecule has 3 heterocycles. The maximum atomic E-state index is 14.3. The summed E-state index contributed by atoms with van der Waals surface area (Å²) in [6.45, 7) is 5.71. The summed E-state index contributed by atoms with van der Waals surface area (Å²) in [6.07, 6.45) is 4.05. The zero-order valence-corrected chi connectivity index (χ0v) is 29.1. The second kappa shape index (κ2) is 15.3. The first-order chi connectivity index (χ1) is 21.7. The molecule has 0 saturated heterocycles. The van der Waals surface area contributed by atoms with E-state index in [2.05, 4.69) is 9.71 Å². The molecular formula is C30H43N5O8S3.